The molecule has 4 nitrogen and oxygen atoms in total. The van der Waals surface area contributed by atoms with E-state index in [1.165, 1.54) is 0 Å². The number of nitrogens with one attached hydrogen (secondary N) is 1. The standard InChI is InChI=1S/C13H18N2O2/c1-8(2)11(12(14)16)15-13(17)10-6-4-9(3)5-7-10/h4-8,11H,1-3H3,(H2,14,16)(H,15,17). The molecule has 0 bridgehead atoms. The number of rotatable bonds is 4. The molecule has 0 spiro atoms. The zero-order valence-electron chi connectivity index (χ0n) is 10.4. The third-order valence-electron chi connectivity index (χ3n) is 2.57. The number of aryl methyl sites for hydroxylation is 1. The molecule has 0 aliphatic heterocycles. The van der Waals surface area contributed by atoms with Gasteiger partial charge in [-0.1, -0.05) is 31.5 Å². The Hall–Kier alpha value is -1.84. The minimum absolute atomic E-state index is 0.0260. The first-order valence-corrected chi connectivity index (χ1v) is 5.58. The number of hydrogen-bond acceptors (Lipinski definition) is 2. The number of carbonyl (C=O) groups is 2. The van der Waals surface area contributed by atoms with Crippen molar-refractivity contribution >= 4 is 11.8 Å². The average Bonchev–Trinajstić information content (AvgIpc) is 2.25. The minimum Gasteiger partial charge on any atom is -0.368 e. The number of nitrogens with two attached hydrogens (primary N) is 1. The van der Waals surface area contributed by atoms with Crippen LogP contribution in [-0.4, -0.2) is 17.9 Å². The normalized spacial score (nSPS) is 12.2. The van der Waals surface area contributed by atoms with Gasteiger partial charge < -0.3 is 11.1 Å². The molecule has 0 aliphatic carbocycles. The highest BCUT2D eigenvalue weighted by Crippen LogP contribution is 2.06. The van der Waals surface area contributed by atoms with Crippen LogP contribution in [-0.2, 0) is 4.79 Å². The molecule has 0 radical (unpaired) electrons. The predicted molar refractivity (Wildman–Crippen MR) is 66.5 cm³/mol. The molecule has 1 atom stereocenters. The van der Waals surface area contributed by atoms with Crippen LogP contribution < -0.4 is 11.1 Å². The van der Waals surface area contributed by atoms with Gasteiger partial charge in [0.2, 0.25) is 5.91 Å². The Morgan fingerprint density at radius 2 is 1.71 bits per heavy atom. The second-order valence-corrected chi connectivity index (χ2v) is 4.46. The van der Waals surface area contributed by atoms with Crippen LogP contribution >= 0.6 is 0 Å². The summed E-state index contributed by atoms with van der Waals surface area (Å²) in [4.78, 5) is 23.0. The van der Waals surface area contributed by atoms with Gasteiger partial charge in [-0.3, -0.25) is 9.59 Å². The number of hydrogen-bond donors (Lipinski definition) is 2. The van der Waals surface area contributed by atoms with Crippen molar-refractivity contribution in [2.75, 3.05) is 0 Å². The molecule has 17 heavy (non-hydrogen) atoms. The fourth-order valence-corrected chi connectivity index (χ4v) is 1.50. The predicted octanol–water partition coefficient (Wildman–Crippen LogP) is 1.23. The molecular formula is C13H18N2O2. The Bertz CT molecular complexity index is 410. The van der Waals surface area contributed by atoms with Gasteiger partial charge >= 0.3 is 0 Å². The van der Waals surface area contributed by atoms with Crippen molar-refractivity contribution in [1.82, 2.24) is 5.32 Å². The van der Waals surface area contributed by atoms with E-state index in [0.29, 0.717) is 5.56 Å². The van der Waals surface area contributed by atoms with Crippen molar-refractivity contribution in [2.45, 2.75) is 26.8 Å². The molecule has 1 aromatic carbocycles. The number of primary amides is 1. The molecule has 0 saturated carbocycles. The smallest absolute Gasteiger partial charge is 0.251 e. The molecule has 92 valence electrons. The van der Waals surface area contributed by atoms with Crippen molar-refractivity contribution in [3.8, 4) is 0 Å². The van der Waals surface area contributed by atoms with Crippen molar-refractivity contribution in [1.29, 1.82) is 0 Å². The maximum atomic E-state index is 11.9. The molecule has 1 unspecified atom stereocenters. The molecule has 0 fully saturated rings. The Morgan fingerprint density at radius 3 is 2.12 bits per heavy atom. The summed E-state index contributed by atoms with van der Waals surface area (Å²) in [5.74, 6) is -0.815. The van der Waals surface area contributed by atoms with Gasteiger partial charge in [0, 0.05) is 5.56 Å². The van der Waals surface area contributed by atoms with Crippen LogP contribution in [0.15, 0.2) is 24.3 Å². The molecule has 1 rings (SSSR count). The summed E-state index contributed by atoms with van der Waals surface area (Å²) in [6.07, 6.45) is 0. The number of benzene rings is 1. The van der Waals surface area contributed by atoms with Crippen LogP contribution in [0.25, 0.3) is 0 Å². The van der Waals surface area contributed by atoms with Crippen molar-refractivity contribution < 1.29 is 9.59 Å². The summed E-state index contributed by atoms with van der Waals surface area (Å²) in [6, 6.07) is 6.52. The van der Waals surface area contributed by atoms with Crippen LogP contribution in [0.4, 0.5) is 0 Å². The molecule has 0 aromatic heterocycles. The summed E-state index contributed by atoms with van der Waals surface area (Å²) in [7, 11) is 0. The van der Waals surface area contributed by atoms with Crippen LogP contribution in [0.1, 0.15) is 29.8 Å². The maximum Gasteiger partial charge on any atom is 0.251 e. The van der Waals surface area contributed by atoms with E-state index in [0.717, 1.165) is 5.56 Å². The van der Waals surface area contributed by atoms with Gasteiger partial charge in [-0.25, -0.2) is 0 Å². The highest BCUT2D eigenvalue weighted by atomic mass is 16.2. The second-order valence-electron chi connectivity index (χ2n) is 4.46. The molecule has 1 aromatic rings. The summed E-state index contributed by atoms with van der Waals surface area (Å²) >= 11 is 0. The maximum absolute atomic E-state index is 11.9. The van der Waals surface area contributed by atoms with Gasteiger partial charge in [0.05, 0.1) is 0 Å². The van der Waals surface area contributed by atoms with Crippen molar-refractivity contribution in [3.63, 3.8) is 0 Å². The zero-order chi connectivity index (χ0) is 13.0. The van der Waals surface area contributed by atoms with Gasteiger partial charge in [0.1, 0.15) is 6.04 Å². The molecule has 0 aliphatic rings. The topological polar surface area (TPSA) is 72.2 Å². The Labute approximate surface area is 101 Å². The van der Waals surface area contributed by atoms with E-state index in [9.17, 15) is 9.59 Å². The molecule has 2 amide bonds. The van der Waals surface area contributed by atoms with E-state index in [2.05, 4.69) is 5.32 Å². The molecule has 4 heteroatoms. The van der Waals surface area contributed by atoms with Gasteiger partial charge in [-0.2, -0.15) is 0 Å². The monoisotopic (exact) mass is 234 g/mol. The third-order valence-corrected chi connectivity index (χ3v) is 2.57. The third kappa shape index (κ3) is 3.59. The zero-order valence-corrected chi connectivity index (χ0v) is 10.4. The van der Waals surface area contributed by atoms with Crippen LogP contribution in [0.2, 0.25) is 0 Å². The van der Waals surface area contributed by atoms with Crippen molar-refractivity contribution in [2.24, 2.45) is 11.7 Å². The van der Waals surface area contributed by atoms with Gasteiger partial charge in [-0.05, 0) is 25.0 Å². The SMILES string of the molecule is Cc1ccc(C(=O)NC(C(N)=O)C(C)C)cc1. The van der Waals surface area contributed by atoms with E-state index in [1.54, 1.807) is 12.1 Å². The quantitative estimate of drug-likeness (QED) is 0.822. The van der Waals surface area contributed by atoms with Crippen molar-refractivity contribution in [3.05, 3.63) is 35.4 Å². The lowest BCUT2D eigenvalue weighted by Gasteiger charge is -2.18. The Morgan fingerprint density at radius 1 is 1.18 bits per heavy atom. The van der Waals surface area contributed by atoms with E-state index in [4.69, 9.17) is 5.73 Å². The number of amides is 2. The fourth-order valence-electron chi connectivity index (χ4n) is 1.50. The van der Waals surface area contributed by atoms with E-state index < -0.39 is 11.9 Å². The average molecular weight is 234 g/mol. The lowest BCUT2D eigenvalue weighted by molar-refractivity contribution is -0.120. The summed E-state index contributed by atoms with van der Waals surface area (Å²) in [5.41, 5.74) is 6.84. The first kappa shape index (κ1) is 13.2. The Kier molecular flexibility index (Phi) is 4.26. The molecular weight excluding hydrogens is 216 g/mol. The molecule has 0 saturated heterocycles. The van der Waals surface area contributed by atoms with E-state index >= 15 is 0 Å². The molecule has 0 heterocycles. The van der Waals surface area contributed by atoms with Gasteiger partial charge in [0.15, 0.2) is 0 Å². The highest BCUT2D eigenvalue weighted by molar-refractivity contribution is 5.97. The molecule has 3 N–H and O–H groups in total. The lowest BCUT2D eigenvalue weighted by Crippen LogP contribution is -2.47. The van der Waals surface area contributed by atoms with Crippen LogP contribution in [0, 0.1) is 12.8 Å². The summed E-state index contributed by atoms with van der Waals surface area (Å²) < 4.78 is 0. The minimum atomic E-state index is -0.635. The summed E-state index contributed by atoms with van der Waals surface area (Å²) in [6.45, 7) is 5.62. The highest BCUT2D eigenvalue weighted by Gasteiger charge is 2.21. The fraction of sp³-hybridized carbons (Fsp3) is 0.385. The second kappa shape index (κ2) is 5.48. The van der Waals surface area contributed by atoms with Gasteiger partial charge in [-0.15, -0.1) is 0 Å². The van der Waals surface area contributed by atoms with Crippen LogP contribution in [0.3, 0.4) is 0 Å². The first-order valence-electron chi connectivity index (χ1n) is 5.58. The number of carbonyl (C=O) groups excluding carboxylic acids is 2. The summed E-state index contributed by atoms with van der Waals surface area (Å²) in [5, 5.41) is 2.64. The van der Waals surface area contributed by atoms with E-state index in [-0.39, 0.29) is 11.8 Å². The first-order chi connectivity index (χ1) is 7.91. The largest absolute Gasteiger partial charge is 0.368 e. The van der Waals surface area contributed by atoms with E-state index in [1.807, 2.05) is 32.9 Å². The lowest BCUT2D eigenvalue weighted by atomic mass is 10.0. The van der Waals surface area contributed by atoms with Crippen LogP contribution in [0.5, 0.6) is 0 Å². The Balaban J connectivity index is 2.77. The van der Waals surface area contributed by atoms with Gasteiger partial charge in [0.25, 0.3) is 5.91 Å².